The molecule has 0 atom stereocenters. The van der Waals surface area contributed by atoms with Gasteiger partial charge in [0.1, 0.15) is 21.3 Å². The summed E-state index contributed by atoms with van der Waals surface area (Å²) < 4.78 is 13.7. The Bertz CT molecular complexity index is 1450. The molecule has 1 fully saturated rings. The first-order chi connectivity index (χ1) is 17.7. The lowest BCUT2D eigenvalue weighted by Gasteiger charge is -2.16. The van der Waals surface area contributed by atoms with Crippen molar-refractivity contribution in [3.8, 4) is 11.6 Å². The number of rotatable bonds is 9. The zero-order chi connectivity index (χ0) is 26.7. The topological polar surface area (TPSA) is 73.1 Å². The molecule has 0 radical (unpaired) electrons. The fourth-order valence-corrected chi connectivity index (χ4v) is 5.39. The molecule has 4 rings (SSSR count). The van der Waals surface area contributed by atoms with Gasteiger partial charge in [0.15, 0.2) is 0 Å². The molecule has 0 N–H and O–H groups in total. The third kappa shape index (κ3) is 5.79. The zero-order valence-electron chi connectivity index (χ0n) is 21.7. The SMILES string of the molecule is CCOCCCN1C(=O)/C(=C\c2c(Oc3cc(C)ccc3C(C)C)nc3c(C)cccn3c2=O)SC1=S. The van der Waals surface area contributed by atoms with Crippen LogP contribution in [0.5, 0.6) is 11.6 Å². The van der Waals surface area contributed by atoms with Crippen LogP contribution in [0.3, 0.4) is 0 Å². The number of hydrogen-bond acceptors (Lipinski definition) is 7. The van der Waals surface area contributed by atoms with Gasteiger partial charge in [-0.2, -0.15) is 4.98 Å². The third-order valence-electron chi connectivity index (χ3n) is 6.07. The van der Waals surface area contributed by atoms with E-state index in [0.717, 1.165) is 16.7 Å². The van der Waals surface area contributed by atoms with Crippen LogP contribution in [0.15, 0.2) is 46.2 Å². The van der Waals surface area contributed by atoms with Gasteiger partial charge in [-0.3, -0.25) is 18.9 Å². The Hall–Kier alpha value is -3.01. The summed E-state index contributed by atoms with van der Waals surface area (Å²) in [5.74, 6) is 0.770. The maximum Gasteiger partial charge on any atom is 0.269 e. The van der Waals surface area contributed by atoms with E-state index in [4.69, 9.17) is 26.7 Å². The van der Waals surface area contributed by atoms with Crippen LogP contribution in [0, 0.1) is 13.8 Å². The van der Waals surface area contributed by atoms with Crippen LogP contribution in [0.4, 0.5) is 0 Å². The van der Waals surface area contributed by atoms with Crippen LogP contribution < -0.4 is 10.3 Å². The van der Waals surface area contributed by atoms with Gasteiger partial charge in [0.25, 0.3) is 11.5 Å². The maximum atomic E-state index is 13.7. The van der Waals surface area contributed by atoms with Crippen LogP contribution in [-0.2, 0) is 9.53 Å². The number of benzene rings is 1. The van der Waals surface area contributed by atoms with Crippen LogP contribution in [0.1, 0.15) is 55.4 Å². The molecule has 1 aliphatic rings. The number of aryl methyl sites for hydroxylation is 2. The van der Waals surface area contributed by atoms with Crippen molar-refractivity contribution < 1.29 is 14.3 Å². The number of fused-ring (bicyclic) bond motifs is 1. The van der Waals surface area contributed by atoms with Gasteiger partial charge in [-0.15, -0.1) is 0 Å². The number of carbonyl (C=O) groups excluding carboxylic acids is 1. The summed E-state index contributed by atoms with van der Waals surface area (Å²) in [7, 11) is 0. The molecule has 0 unspecified atom stereocenters. The zero-order valence-corrected chi connectivity index (χ0v) is 23.4. The molecule has 1 aromatic carbocycles. The van der Waals surface area contributed by atoms with E-state index >= 15 is 0 Å². The van der Waals surface area contributed by atoms with Crippen molar-refractivity contribution >= 4 is 45.9 Å². The fourth-order valence-electron chi connectivity index (χ4n) is 4.10. The highest BCUT2D eigenvalue weighted by Gasteiger charge is 2.32. The Morgan fingerprint density at radius 2 is 1.97 bits per heavy atom. The minimum atomic E-state index is -0.316. The summed E-state index contributed by atoms with van der Waals surface area (Å²) in [6.45, 7) is 11.6. The largest absolute Gasteiger partial charge is 0.438 e. The van der Waals surface area contributed by atoms with Gasteiger partial charge in [0.05, 0.1) is 4.91 Å². The molecular weight excluding hydrogens is 506 g/mol. The lowest BCUT2D eigenvalue weighted by atomic mass is 10.0. The minimum absolute atomic E-state index is 0.161. The fraction of sp³-hybridized carbons (Fsp3) is 0.357. The van der Waals surface area contributed by atoms with E-state index < -0.39 is 0 Å². The molecule has 1 amide bonds. The van der Waals surface area contributed by atoms with Gasteiger partial charge in [-0.25, -0.2) is 0 Å². The van der Waals surface area contributed by atoms with E-state index in [-0.39, 0.29) is 28.8 Å². The highest BCUT2D eigenvalue weighted by molar-refractivity contribution is 8.26. The molecule has 0 saturated carbocycles. The number of hydrogen-bond donors (Lipinski definition) is 0. The van der Waals surface area contributed by atoms with Gasteiger partial charge in [-0.05, 0) is 68.0 Å². The second kappa shape index (κ2) is 11.6. The molecule has 37 heavy (non-hydrogen) atoms. The highest BCUT2D eigenvalue weighted by atomic mass is 32.2. The summed E-state index contributed by atoms with van der Waals surface area (Å²) in [5.41, 5.74) is 3.26. The standard InChI is InChI=1S/C28H31N3O4S2/c1-6-34-14-8-13-31-27(33)23(37-28(31)36)16-21-25(29-24-19(5)9-7-12-30(24)26(21)32)35-22-15-18(4)10-11-20(22)17(2)3/h7,9-12,15-17H,6,8,13-14H2,1-5H3/b23-16+. The van der Waals surface area contributed by atoms with Gasteiger partial charge in [0.2, 0.25) is 5.88 Å². The molecule has 1 aliphatic heterocycles. The quantitative estimate of drug-likeness (QED) is 0.192. The van der Waals surface area contributed by atoms with Gasteiger partial charge in [-0.1, -0.05) is 56.0 Å². The molecule has 1 saturated heterocycles. The predicted octanol–water partition coefficient (Wildman–Crippen LogP) is 5.85. The molecule has 3 aromatic rings. The van der Waals surface area contributed by atoms with Crippen LogP contribution >= 0.6 is 24.0 Å². The summed E-state index contributed by atoms with van der Waals surface area (Å²) in [4.78, 5) is 33.6. The smallest absolute Gasteiger partial charge is 0.269 e. The monoisotopic (exact) mass is 537 g/mol. The van der Waals surface area contributed by atoms with E-state index in [2.05, 4.69) is 13.8 Å². The second-order valence-electron chi connectivity index (χ2n) is 9.20. The van der Waals surface area contributed by atoms with E-state index in [9.17, 15) is 9.59 Å². The van der Waals surface area contributed by atoms with Crippen molar-refractivity contribution in [2.45, 2.75) is 47.0 Å². The number of ether oxygens (including phenoxy) is 2. The Labute approximate surface area is 226 Å². The Morgan fingerprint density at radius 3 is 2.70 bits per heavy atom. The first-order valence-electron chi connectivity index (χ1n) is 12.3. The number of aromatic nitrogens is 2. The molecule has 3 heterocycles. The molecule has 0 aliphatic carbocycles. The second-order valence-corrected chi connectivity index (χ2v) is 10.9. The molecule has 9 heteroatoms. The highest BCUT2D eigenvalue weighted by Crippen LogP contribution is 2.36. The number of thiocarbonyl (C=S) groups is 1. The summed E-state index contributed by atoms with van der Waals surface area (Å²) in [6, 6.07) is 9.70. The van der Waals surface area contributed by atoms with Crippen LogP contribution in [0.25, 0.3) is 11.7 Å². The Kier molecular flexibility index (Phi) is 8.46. The molecule has 0 spiro atoms. The minimum Gasteiger partial charge on any atom is -0.438 e. The van der Waals surface area contributed by atoms with Crippen molar-refractivity contribution in [2.75, 3.05) is 19.8 Å². The van der Waals surface area contributed by atoms with Crippen molar-refractivity contribution in [1.82, 2.24) is 14.3 Å². The number of amides is 1. The van der Waals surface area contributed by atoms with Gasteiger partial charge in [0, 0.05) is 26.0 Å². The van der Waals surface area contributed by atoms with Crippen molar-refractivity contribution in [2.24, 2.45) is 0 Å². The van der Waals surface area contributed by atoms with Crippen LogP contribution in [0.2, 0.25) is 0 Å². The number of pyridine rings is 1. The number of carbonyl (C=O) groups is 1. The average molecular weight is 538 g/mol. The Morgan fingerprint density at radius 1 is 1.19 bits per heavy atom. The predicted molar refractivity (Wildman–Crippen MR) is 153 cm³/mol. The number of thioether (sulfide) groups is 1. The average Bonchev–Trinajstić information content (AvgIpc) is 3.12. The van der Waals surface area contributed by atoms with E-state index in [1.807, 2.05) is 45.0 Å². The lowest BCUT2D eigenvalue weighted by molar-refractivity contribution is -0.122. The Balaban J connectivity index is 1.81. The first kappa shape index (κ1) is 27.0. The van der Waals surface area contributed by atoms with Crippen molar-refractivity contribution in [3.05, 3.63) is 74.0 Å². The molecule has 2 aromatic heterocycles. The normalized spacial score (nSPS) is 15.0. The third-order valence-corrected chi connectivity index (χ3v) is 7.45. The van der Waals surface area contributed by atoms with Crippen molar-refractivity contribution in [3.63, 3.8) is 0 Å². The maximum absolute atomic E-state index is 13.7. The molecule has 0 bridgehead atoms. The van der Waals surface area contributed by atoms with E-state index in [0.29, 0.717) is 46.8 Å². The van der Waals surface area contributed by atoms with Crippen molar-refractivity contribution in [1.29, 1.82) is 0 Å². The summed E-state index contributed by atoms with van der Waals surface area (Å²) in [5, 5.41) is 0. The molecular formula is C28H31N3O4S2. The van der Waals surface area contributed by atoms with Gasteiger partial charge < -0.3 is 9.47 Å². The molecule has 194 valence electrons. The summed E-state index contributed by atoms with van der Waals surface area (Å²) >= 11 is 6.65. The number of nitrogens with zero attached hydrogens (tertiary/aromatic N) is 3. The molecule has 7 nitrogen and oxygen atoms in total. The lowest BCUT2D eigenvalue weighted by Crippen LogP contribution is -2.29. The van der Waals surface area contributed by atoms with Gasteiger partial charge >= 0.3 is 0 Å². The van der Waals surface area contributed by atoms with Crippen LogP contribution in [-0.4, -0.2) is 44.3 Å². The van der Waals surface area contributed by atoms with E-state index in [1.54, 1.807) is 23.2 Å². The van der Waals surface area contributed by atoms with E-state index in [1.165, 1.54) is 16.2 Å². The summed E-state index contributed by atoms with van der Waals surface area (Å²) in [6.07, 6.45) is 3.91. The first-order valence-corrected chi connectivity index (χ1v) is 13.6.